The number of rotatable bonds is 2. The number of carbonyl (C=O) groups excluding carboxylic acids is 3. The van der Waals surface area contributed by atoms with Gasteiger partial charge in [0.2, 0.25) is 0 Å². The Balaban J connectivity index is 1.88. The molecular formula is C17H11BrN2O3. The van der Waals surface area contributed by atoms with E-state index in [-0.39, 0.29) is 16.8 Å². The fourth-order valence-corrected chi connectivity index (χ4v) is 2.78. The first kappa shape index (κ1) is 15.2. The second-order valence-electron chi connectivity index (χ2n) is 4.94. The molecule has 23 heavy (non-hydrogen) atoms. The zero-order valence-corrected chi connectivity index (χ0v) is 13.4. The SMILES string of the molecule is Nc1cccc2c1C(=O)N(C(=O)/C=C/c1cccc(Br)c1)C2=O. The van der Waals surface area contributed by atoms with Crippen LogP contribution in [0.1, 0.15) is 26.3 Å². The van der Waals surface area contributed by atoms with Gasteiger partial charge in [-0.3, -0.25) is 14.4 Å². The van der Waals surface area contributed by atoms with E-state index >= 15 is 0 Å². The van der Waals surface area contributed by atoms with Crippen molar-refractivity contribution in [2.24, 2.45) is 0 Å². The van der Waals surface area contributed by atoms with Crippen molar-refractivity contribution in [2.45, 2.75) is 0 Å². The van der Waals surface area contributed by atoms with Crippen molar-refractivity contribution in [3.05, 3.63) is 69.7 Å². The molecule has 0 saturated heterocycles. The molecule has 2 aromatic carbocycles. The third-order valence-corrected chi connectivity index (χ3v) is 3.93. The zero-order valence-electron chi connectivity index (χ0n) is 11.8. The lowest BCUT2D eigenvalue weighted by Crippen LogP contribution is -2.34. The third-order valence-electron chi connectivity index (χ3n) is 3.43. The first-order valence-electron chi connectivity index (χ1n) is 6.74. The van der Waals surface area contributed by atoms with E-state index in [0.29, 0.717) is 4.90 Å². The predicted molar refractivity (Wildman–Crippen MR) is 89.5 cm³/mol. The third kappa shape index (κ3) is 2.68. The van der Waals surface area contributed by atoms with E-state index < -0.39 is 17.7 Å². The van der Waals surface area contributed by atoms with Gasteiger partial charge in [0, 0.05) is 16.2 Å². The molecule has 1 aliphatic rings. The number of fused-ring (bicyclic) bond motifs is 1. The molecule has 0 fully saturated rings. The van der Waals surface area contributed by atoms with Gasteiger partial charge < -0.3 is 5.73 Å². The largest absolute Gasteiger partial charge is 0.398 e. The number of amides is 3. The van der Waals surface area contributed by atoms with E-state index in [0.717, 1.165) is 10.0 Å². The van der Waals surface area contributed by atoms with Crippen LogP contribution in [-0.4, -0.2) is 22.6 Å². The van der Waals surface area contributed by atoms with Crippen LogP contribution in [-0.2, 0) is 4.79 Å². The molecule has 0 saturated carbocycles. The summed E-state index contributed by atoms with van der Waals surface area (Å²) in [5, 5.41) is 0. The van der Waals surface area contributed by atoms with Crippen LogP contribution in [0.3, 0.4) is 0 Å². The average Bonchev–Trinajstić information content (AvgIpc) is 2.78. The Bertz CT molecular complexity index is 874. The molecule has 2 N–H and O–H groups in total. The number of nitrogen functional groups attached to an aromatic ring is 1. The minimum atomic E-state index is -0.699. The van der Waals surface area contributed by atoms with Gasteiger partial charge in [-0.1, -0.05) is 34.1 Å². The van der Waals surface area contributed by atoms with Gasteiger partial charge in [0.15, 0.2) is 0 Å². The van der Waals surface area contributed by atoms with E-state index in [9.17, 15) is 14.4 Å². The highest BCUT2D eigenvalue weighted by molar-refractivity contribution is 9.10. The molecule has 0 bridgehead atoms. The maximum absolute atomic E-state index is 12.3. The summed E-state index contributed by atoms with van der Waals surface area (Å²) in [4.78, 5) is 37.4. The van der Waals surface area contributed by atoms with Crippen LogP contribution in [0.2, 0.25) is 0 Å². The Kier molecular flexibility index (Phi) is 3.83. The molecule has 0 aromatic heterocycles. The molecule has 0 spiro atoms. The second kappa shape index (κ2) is 5.81. The summed E-state index contributed by atoms with van der Waals surface area (Å²) in [7, 11) is 0. The standard InChI is InChI=1S/C17H11BrN2O3/c18-11-4-1-3-10(9-11)7-8-14(21)20-16(22)12-5-2-6-13(19)15(12)17(20)23/h1-9H,19H2/b8-7+. The highest BCUT2D eigenvalue weighted by Gasteiger charge is 2.40. The molecule has 114 valence electrons. The summed E-state index contributed by atoms with van der Waals surface area (Å²) in [5.41, 5.74) is 6.93. The lowest BCUT2D eigenvalue weighted by molar-refractivity contribution is -0.121. The number of halogens is 1. The van der Waals surface area contributed by atoms with E-state index in [1.165, 1.54) is 18.2 Å². The van der Waals surface area contributed by atoms with Gasteiger partial charge in [-0.2, -0.15) is 0 Å². The van der Waals surface area contributed by atoms with Gasteiger partial charge in [-0.15, -0.1) is 0 Å². The van der Waals surface area contributed by atoms with Crippen LogP contribution < -0.4 is 5.73 Å². The van der Waals surface area contributed by atoms with Crippen molar-refractivity contribution >= 4 is 45.4 Å². The maximum Gasteiger partial charge on any atom is 0.270 e. The molecule has 1 aliphatic heterocycles. The van der Waals surface area contributed by atoms with Gasteiger partial charge in [0.05, 0.1) is 11.1 Å². The number of imide groups is 3. The molecule has 0 aliphatic carbocycles. The van der Waals surface area contributed by atoms with Gasteiger partial charge in [0.1, 0.15) is 0 Å². The first-order valence-corrected chi connectivity index (χ1v) is 7.53. The zero-order chi connectivity index (χ0) is 16.6. The molecule has 2 aromatic rings. The highest BCUT2D eigenvalue weighted by atomic mass is 79.9. The van der Waals surface area contributed by atoms with Crippen molar-refractivity contribution in [3.8, 4) is 0 Å². The molecule has 5 nitrogen and oxygen atoms in total. The number of hydrogen-bond donors (Lipinski definition) is 1. The van der Waals surface area contributed by atoms with Crippen LogP contribution in [0.5, 0.6) is 0 Å². The normalized spacial score (nSPS) is 13.7. The molecule has 3 rings (SSSR count). The molecule has 0 radical (unpaired) electrons. The summed E-state index contributed by atoms with van der Waals surface area (Å²) in [6.07, 6.45) is 2.74. The van der Waals surface area contributed by atoms with Crippen LogP contribution in [0, 0.1) is 0 Å². The fraction of sp³-hybridized carbons (Fsp3) is 0. The smallest absolute Gasteiger partial charge is 0.270 e. The average molecular weight is 371 g/mol. The topological polar surface area (TPSA) is 80.5 Å². The van der Waals surface area contributed by atoms with Crippen LogP contribution >= 0.6 is 15.9 Å². The molecule has 6 heteroatoms. The van der Waals surface area contributed by atoms with Crippen molar-refractivity contribution < 1.29 is 14.4 Å². The van der Waals surface area contributed by atoms with Crippen molar-refractivity contribution in [1.29, 1.82) is 0 Å². The Morgan fingerprint density at radius 2 is 1.83 bits per heavy atom. The van der Waals surface area contributed by atoms with Crippen molar-refractivity contribution in [3.63, 3.8) is 0 Å². The van der Waals surface area contributed by atoms with Crippen molar-refractivity contribution in [2.75, 3.05) is 5.73 Å². The van der Waals surface area contributed by atoms with Crippen molar-refractivity contribution in [1.82, 2.24) is 4.90 Å². The Morgan fingerprint density at radius 3 is 2.52 bits per heavy atom. The highest BCUT2D eigenvalue weighted by Crippen LogP contribution is 2.27. The molecule has 0 unspecified atom stereocenters. The lowest BCUT2D eigenvalue weighted by Gasteiger charge is -2.08. The van der Waals surface area contributed by atoms with E-state index in [2.05, 4.69) is 15.9 Å². The van der Waals surface area contributed by atoms with Gasteiger partial charge in [-0.05, 0) is 35.9 Å². The van der Waals surface area contributed by atoms with Gasteiger partial charge in [0.25, 0.3) is 17.7 Å². The maximum atomic E-state index is 12.3. The van der Waals surface area contributed by atoms with Crippen LogP contribution in [0.25, 0.3) is 6.08 Å². The summed E-state index contributed by atoms with van der Waals surface area (Å²) >= 11 is 3.33. The molecule has 1 heterocycles. The van der Waals surface area contributed by atoms with E-state index in [1.54, 1.807) is 18.2 Å². The number of nitrogens with zero attached hydrogens (tertiary/aromatic N) is 1. The molecular weight excluding hydrogens is 360 g/mol. The minimum absolute atomic E-state index is 0.0849. The number of benzene rings is 2. The van der Waals surface area contributed by atoms with Crippen LogP contribution in [0.4, 0.5) is 5.69 Å². The van der Waals surface area contributed by atoms with Crippen LogP contribution in [0.15, 0.2) is 53.0 Å². The fourth-order valence-electron chi connectivity index (χ4n) is 2.36. The summed E-state index contributed by atoms with van der Waals surface area (Å²) < 4.78 is 0.862. The number of anilines is 1. The number of hydrogen-bond acceptors (Lipinski definition) is 4. The monoisotopic (exact) mass is 370 g/mol. The summed E-state index contributed by atoms with van der Waals surface area (Å²) in [5.74, 6) is -2.04. The second-order valence-corrected chi connectivity index (χ2v) is 5.86. The Hall–Kier alpha value is -2.73. The predicted octanol–water partition coefficient (Wildman–Crippen LogP) is 2.87. The van der Waals surface area contributed by atoms with E-state index in [4.69, 9.17) is 5.73 Å². The lowest BCUT2D eigenvalue weighted by atomic mass is 10.1. The molecule has 3 amide bonds. The summed E-state index contributed by atoms with van der Waals surface area (Å²) in [6, 6.07) is 11.9. The van der Waals surface area contributed by atoms with Gasteiger partial charge >= 0.3 is 0 Å². The van der Waals surface area contributed by atoms with E-state index in [1.807, 2.05) is 18.2 Å². The Labute approximate surface area is 140 Å². The summed E-state index contributed by atoms with van der Waals surface area (Å²) in [6.45, 7) is 0. The minimum Gasteiger partial charge on any atom is -0.398 e. The number of carbonyl (C=O) groups is 3. The van der Waals surface area contributed by atoms with Gasteiger partial charge in [-0.25, -0.2) is 4.90 Å². The first-order chi connectivity index (χ1) is 11.0. The Morgan fingerprint density at radius 1 is 1.09 bits per heavy atom. The molecule has 0 atom stereocenters. The number of nitrogens with two attached hydrogens (primary N) is 1. The quantitative estimate of drug-likeness (QED) is 0.500.